The number of nitrogens with one attached hydrogen (secondary N) is 1. The predicted octanol–water partition coefficient (Wildman–Crippen LogP) is 5.03. The van der Waals surface area contributed by atoms with Gasteiger partial charge >= 0.3 is 0 Å². The van der Waals surface area contributed by atoms with Gasteiger partial charge in [0, 0.05) is 11.1 Å². The number of benzene rings is 1. The fourth-order valence-corrected chi connectivity index (χ4v) is 6.83. The topological polar surface area (TPSA) is 47.6 Å². The molecule has 1 aromatic carbocycles. The number of para-hydroxylation sites is 2. The Morgan fingerprint density at radius 2 is 1.75 bits per heavy atom. The van der Waals surface area contributed by atoms with Gasteiger partial charge in [0.15, 0.2) is 11.5 Å². The summed E-state index contributed by atoms with van der Waals surface area (Å²) in [6.07, 6.45) is 7.70. The van der Waals surface area contributed by atoms with Crippen molar-refractivity contribution in [2.45, 2.75) is 50.7 Å². The molecule has 4 bridgehead atoms. The van der Waals surface area contributed by atoms with Crippen LogP contribution in [0.25, 0.3) is 0 Å². The molecule has 4 nitrogen and oxygen atoms in total. The van der Waals surface area contributed by atoms with E-state index in [1.165, 1.54) is 49.9 Å². The molecule has 4 aliphatic carbocycles. The highest BCUT2D eigenvalue weighted by atomic mass is 32.1. The van der Waals surface area contributed by atoms with E-state index in [4.69, 9.17) is 9.47 Å². The summed E-state index contributed by atoms with van der Waals surface area (Å²) >= 11 is 1.51. The number of hydrogen-bond donors (Lipinski definition) is 1. The summed E-state index contributed by atoms with van der Waals surface area (Å²) in [5, 5.41) is 5.47. The van der Waals surface area contributed by atoms with Gasteiger partial charge in [-0.3, -0.25) is 4.79 Å². The maximum Gasteiger partial charge on any atom is 0.261 e. The standard InChI is InChI=1S/C23H27NO3S/c1-26-19-4-2-3-5-20(19)27-13-18-9-21(28-14-18)22(25)24-23-10-15-6-16(11-23)8-17(7-15)12-23/h2-5,9,14-17H,6-8,10-13H2,1H3,(H,24,25). The van der Waals surface area contributed by atoms with Gasteiger partial charge in [0.25, 0.3) is 5.91 Å². The first-order valence-corrected chi connectivity index (χ1v) is 11.2. The molecule has 1 amide bonds. The van der Waals surface area contributed by atoms with Crippen molar-refractivity contribution in [1.29, 1.82) is 0 Å². The monoisotopic (exact) mass is 397 g/mol. The minimum Gasteiger partial charge on any atom is -0.493 e. The van der Waals surface area contributed by atoms with Gasteiger partial charge in [0.2, 0.25) is 0 Å². The van der Waals surface area contributed by atoms with Crippen molar-refractivity contribution < 1.29 is 14.3 Å². The van der Waals surface area contributed by atoms with Crippen molar-refractivity contribution in [2.75, 3.05) is 7.11 Å². The van der Waals surface area contributed by atoms with Crippen molar-refractivity contribution >= 4 is 17.2 Å². The summed E-state index contributed by atoms with van der Waals surface area (Å²) in [6.45, 7) is 0.432. The molecular formula is C23H27NO3S. The minimum absolute atomic E-state index is 0.0594. The highest BCUT2D eigenvalue weighted by Gasteiger charge is 2.51. The Labute approximate surface area is 170 Å². The third-order valence-electron chi connectivity index (χ3n) is 6.76. The lowest BCUT2D eigenvalue weighted by Crippen LogP contribution is -2.59. The maximum absolute atomic E-state index is 13.0. The number of carbonyl (C=O) groups is 1. The molecule has 148 valence electrons. The highest BCUT2D eigenvalue weighted by molar-refractivity contribution is 7.12. The zero-order valence-corrected chi connectivity index (χ0v) is 17.1. The number of methoxy groups -OCH3 is 1. The molecule has 2 aromatic rings. The lowest BCUT2D eigenvalue weighted by Gasteiger charge is -2.56. The summed E-state index contributed by atoms with van der Waals surface area (Å²) in [7, 11) is 1.64. The Morgan fingerprint density at radius 3 is 2.39 bits per heavy atom. The van der Waals surface area contributed by atoms with Gasteiger partial charge < -0.3 is 14.8 Å². The first kappa shape index (κ1) is 18.0. The molecular weight excluding hydrogens is 370 g/mol. The van der Waals surface area contributed by atoms with Gasteiger partial charge in [-0.15, -0.1) is 11.3 Å². The summed E-state index contributed by atoms with van der Waals surface area (Å²) in [5.41, 5.74) is 1.08. The smallest absolute Gasteiger partial charge is 0.261 e. The average Bonchev–Trinajstić information content (AvgIpc) is 3.14. The second kappa shape index (κ2) is 7.11. The molecule has 0 saturated heterocycles. The molecule has 4 fully saturated rings. The summed E-state index contributed by atoms with van der Waals surface area (Å²) < 4.78 is 11.2. The van der Waals surface area contributed by atoms with Gasteiger partial charge in [-0.2, -0.15) is 0 Å². The Kier molecular flexibility index (Phi) is 4.58. The van der Waals surface area contributed by atoms with Crippen LogP contribution >= 0.6 is 11.3 Å². The van der Waals surface area contributed by atoms with Gasteiger partial charge in [0.05, 0.1) is 12.0 Å². The van der Waals surface area contributed by atoms with Crippen molar-refractivity contribution in [2.24, 2.45) is 17.8 Å². The average molecular weight is 398 g/mol. The second-order valence-corrected chi connectivity index (χ2v) is 9.82. The second-order valence-electron chi connectivity index (χ2n) is 8.91. The lowest BCUT2D eigenvalue weighted by atomic mass is 9.53. The first-order valence-electron chi connectivity index (χ1n) is 10.3. The summed E-state index contributed by atoms with van der Waals surface area (Å²) in [4.78, 5) is 13.7. The van der Waals surface area contributed by atoms with Crippen molar-refractivity contribution in [1.82, 2.24) is 5.32 Å². The van der Waals surface area contributed by atoms with Gasteiger partial charge in [0.1, 0.15) is 6.61 Å². The largest absolute Gasteiger partial charge is 0.493 e. The molecule has 5 heteroatoms. The van der Waals surface area contributed by atoms with Gasteiger partial charge in [-0.1, -0.05) is 12.1 Å². The van der Waals surface area contributed by atoms with E-state index in [-0.39, 0.29) is 11.4 Å². The van der Waals surface area contributed by atoms with Crippen LogP contribution in [0.1, 0.15) is 53.8 Å². The molecule has 0 aliphatic heterocycles. The van der Waals surface area contributed by atoms with Crippen LogP contribution in [0.2, 0.25) is 0 Å². The van der Waals surface area contributed by atoms with E-state index in [1.807, 2.05) is 35.7 Å². The number of thiophene rings is 1. The lowest BCUT2D eigenvalue weighted by molar-refractivity contribution is -0.0166. The zero-order chi connectivity index (χ0) is 19.1. The Bertz CT molecular complexity index is 839. The fourth-order valence-electron chi connectivity index (χ4n) is 6.04. The number of amides is 1. The molecule has 4 aliphatic rings. The SMILES string of the molecule is COc1ccccc1OCc1csc(C(=O)NC23CC4CC(CC(C4)C2)C3)c1. The molecule has 4 saturated carbocycles. The van der Waals surface area contributed by atoms with Crippen LogP contribution in [0, 0.1) is 17.8 Å². The van der Waals surface area contributed by atoms with Crippen LogP contribution in [0.5, 0.6) is 11.5 Å². The molecule has 28 heavy (non-hydrogen) atoms. The van der Waals surface area contributed by atoms with Crippen LogP contribution in [0.4, 0.5) is 0 Å². The summed E-state index contributed by atoms with van der Waals surface area (Å²) in [5.74, 6) is 4.03. The number of carbonyl (C=O) groups excluding carboxylic acids is 1. The maximum atomic E-state index is 13.0. The molecule has 0 unspecified atom stereocenters. The molecule has 0 spiro atoms. The summed E-state index contributed by atoms with van der Waals surface area (Å²) in [6, 6.07) is 9.59. The number of ether oxygens (including phenoxy) is 2. The van der Waals surface area contributed by atoms with Crippen LogP contribution in [-0.2, 0) is 6.61 Å². The van der Waals surface area contributed by atoms with E-state index < -0.39 is 0 Å². The molecule has 1 aromatic heterocycles. The van der Waals surface area contributed by atoms with Crippen LogP contribution in [0.3, 0.4) is 0 Å². The molecule has 1 N–H and O–H groups in total. The quantitative estimate of drug-likeness (QED) is 0.743. The molecule has 0 atom stereocenters. The molecule has 6 rings (SSSR count). The van der Waals surface area contributed by atoms with Crippen LogP contribution < -0.4 is 14.8 Å². The van der Waals surface area contributed by atoms with E-state index in [0.29, 0.717) is 6.61 Å². The minimum atomic E-state index is 0.0594. The van der Waals surface area contributed by atoms with E-state index in [9.17, 15) is 4.79 Å². The van der Waals surface area contributed by atoms with Gasteiger partial charge in [-0.25, -0.2) is 0 Å². The third kappa shape index (κ3) is 3.41. The van der Waals surface area contributed by atoms with E-state index in [0.717, 1.165) is 39.7 Å². The fraction of sp³-hybridized carbons (Fsp3) is 0.522. The Morgan fingerprint density at radius 1 is 1.11 bits per heavy atom. The van der Waals surface area contributed by atoms with E-state index >= 15 is 0 Å². The van der Waals surface area contributed by atoms with Crippen molar-refractivity contribution in [3.63, 3.8) is 0 Å². The zero-order valence-electron chi connectivity index (χ0n) is 16.3. The molecule has 0 radical (unpaired) electrons. The first-order chi connectivity index (χ1) is 13.6. The highest BCUT2D eigenvalue weighted by Crippen LogP contribution is 2.55. The van der Waals surface area contributed by atoms with Crippen LogP contribution in [-0.4, -0.2) is 18.6 Å². The Balaban J connectivity index is 1.23. The third-order valence-corrected chi connectivity index (χ3v) is 7.74. The van der Waals surface area contributed by atoms with E-state index in [1.54, 1.807) is 7.11 Å². The Hall–Kier alpha value is -2.01. The predicted molar refractivity (Wildman–Crippen MR) is 110 cm³/mol. The number of hydrogen-bond acceptors (Lipinski definition) is 4. The van der Waals surface area contributed by atoms with E-state index in [2.05, 4.69) is 5.32 Å². The molecule has 1 heterocycles. The number of rotatable bonds is 6. The van der Waals surface area contributed by atoms with Crippen molar-refractivity contribution in [3.8, 4) is 11.5 Å². The van der Waals surface area contributed by atoms with Crippen LogP contribution in [0.15, 0.2) is 35.7 Å². The van der Waals surface area contributed by atoms with Crippen molar-refractivity contribution in [3.05, 3.63) is 46.2 Å². The normalized spacial score (nSPS) is 30.2. The van der Waals surface area contributed by atoms with Gasteiger partial charge in [-0.05, 0) is 79.9 Å².